The fraction of sp³-hybridized carbons (Fsp3) is 0.250. The number of nitrogens with zero attached hydrogens (tertiary/aromatic N) is 2. The van der Waals surface area contributed by atoms with Gasteiger partial charge in [-0.3, -0.25) is 9.52 Å². The highest BCUT2D eigenvalue weighted by atomic mass is 32.2. The minimum Gasteiger partial charge on any atom is -0.411 e. The molecular formula is C20H22N4O4S2. The fourth-order valence-corrected chi connectivity index (χ4v) is 4.10. The first-order chi connectivity index (χ1) is 14.1. The van der Waals surface area contributed by atoms with Crippen LogP contribution in [-0.2, 0) is 14.8 Å². The molecule has 0 aliphatic heterocycles. The van der Waals surface area contributed by atoms with E-state index in [4.69, 9.17) is 4.42 Å². The van der Waals surface area contributed by atoms with Crippen LogP contribution >= 0.6 is 11.8 Å². The van der Waals surface area contributed by atoms with Gasteiger partial charge in [-0.05, 0) is 57.2 Å². The number of anilines is 1. The van der Waals surface area contributed by atoms with Gasteiger partial charge in [0.25, 0.3) is 15.2 Å². The maximum absolute atomic E-state index is 12.4. The van der Waals surface area contributed by atoms with Gasteiger partial charge in [0.05, 0.1) is 10.6 Å². The van der Waals surface area contributed by atoms with Gasteiger partial charge in [-0.15, -0.1) is 10.2 Å². The smallest absolute Gasteiger partial charge is 0.277 e. The highest BCUT2D eigenvalue weighted by Crippen LogP contribution is 2.25. The molecule has 2 aromatic carbocycles. The summed E-state index contributed by atoms with van der Waals surface area (Å²) in [5, 5.41) is 11.1. The van der Waals surface area contributed by atoms with E-state index in [1.54, 1.807) is 42.5 Å². The van der Waals surface area contributed by atoms with Crippen LogP contribution in [0, 0.1) is 0 Å². The van der Waals surface area contributed by atoms with Crippen molar-refractivity contribution in [3.8, 4) is 11.5 Å². The van der Waals surface area contributed by atoms with Crippen LogP contribution in [0.5, 0.6) is 0 Å². The van der Waals surface area contributed by atoms with Gasteiger partial charge in [0.1, 0.15) is 0 Å². The van der Waals surface area contributed by atoms with Crippen LogP contribution in [-0.4, -0.2) is 35.8 Å². The second-order valence-electron chi connectivity index (χ2n) is 7.46. The molecule has 0 spiro atoms. The number of thioether (sulfide) groups is 1. The van der Waals surface area contributed by atoms with Crippen LogP contribution in [0.1, 0.15) is 20.8 Å². The van der Waals surface area contributed by atoms with E-state index in [0.29, 0.717) is 11.3 Å². The maximum atomic E-state index is 12.4. The number of hydrogen-bond acceptors (Lipinski definition) is 7. The first kappa shape index (κ1) is 21.8. The minimum absolute atomic E-state index is 0.123. The summed E-state index contributed by atoms with van der Waals surface area (Å²) < 4.78 is 32.9. The summed E-state index contributed by atoms with van der Waals surface area (Å²) >= 11 is 1.15. The van der Waals surface area contributed by atoms with Gasteiger partial charge in [0.2, 0.25) is 11.8 Å². The molecule has 8 nitrogen and oxygen atoms in total. The van der Waals surface area contributed by atoms with Gasteiger partial charge in [0, 0.05) is 16.8 Å². The van der Waals surface area contributed by atoms with Crippen LogP contribution in [0.25, 0.3) is 11.5 Å². The number of benzene rings is 2. The lowest BCUT2D eigenvalue weighted by atomic mass is 10.1. The first-order valence-corrected chi connectivity index (χ1v) is 11.5. The van der Waals surface area contributed by atoms with E-state index in [9.17, 15) is 13.2 Å². The summed E-state index contributed by atoms with van der Waals surface area (Å²) in [6.07, 6.45) is 0. The lowest BCUT2D eigenvalue weighted by Gasteiger charge is -2.19. The van der Waals surface area contributed by atoms with Gasteiger partial charge < -0.3 is 9.73 Å². The van der Waals surface area contributed by atoms with Crippen molar-refractivity contribution in [1.82, 2.24) is 15.5 Å². The number of nitrogens with one attached hydrogen (secondary N) is 2. The third kappa shape index (κ3) is 6.07. The molecule has 3 rings (SSSR count). The second kappa shape index (κ2) is 8.88. The van der Waals surface area contributed by atoms with Crippen LogP contribution in [0.3, 0.4) is 0 Å². The lowest BCUT2D eigenvalue weighted by molar-refractivity contribution is -0.119. The summed E-state index contributed by atoms with van der Waals surface area (Å²) in [5.74, 6) is 0.326. The summed E-state index contributed by atoms with van der Waals surface area (Å²) in [7, 11) is -3.66. The summed E-state index contributed by atoms with van der Waals surface area (Å²) in [6, 6.07) is 14.7. The van der Waals surface area contributed by atoms with Crippen molar-refractivity contribution in [2.24, 2.45) is 0 Å². The number of carbonyl (C=O) groups excluding carboxylic acids is 1. The lowest BCUT2D eigenvalue weighted by Crippen LogP contribution is -2.41. The Kier molecular flexibility index (Phi) is 6.47. The third-order valence-corrected chi connectivity index (χ3v) is 5.90. The number of aromatic nitrogens is 2. The topological polar surface area (TPSA) is 114 Å². The molecule has 0 bridgehead atoms. The zero-order valence-electron chi connectivity index (χ0n) is 16.7. The van der Waals surface area contributed by atoms with E-state index in [2.05, 4.69) is 20.2 Å². The van der Waals surface area contributed by atoms with E-state index in [1.165, 1.54) is 12.1 Å². The van der Waals surface area contributed by atoms with Crippen LogP contribution in [0.4, 0.5) is 5.69 Å². The van der Waals surface area contributed by atoms with Crippen LogP contribution < -0.4 is 10.0 Å². The number of sulfonamides is 1. The molecule has 0 unspecified atom stereocenters. The molecule has 158 valence electrons. The van der Waals surface area contributed by atoms with Gasteiger partial charge in [-0.25, -0.2) is 8.42 Å². The molecule has 0 saturated heterocycles. The molecule has 0 aliphatic carbocycles. The Morgan fingerprint density at radius 3 is 2.33 bits per heavy atom. The van der Waals surface area contributed by atoms with Gasteiger partial charge >= 0.3 is 0 Å². The molecule has 0 fully saturated rings. The number of rotatable bonds is 7. The Morgan fingerprint density at radius 1 is 1.03 bits per heavy atom. The summed E-state index contributed by atoms with van der Waals surface area (Å²) in [6.45, 7) is 5.72. The Bertz CT molecular complexity index is 1110. The van der Waals surface area contributed by atoms with E-state index < -0.39 is 10.0 Å². The molecule has 0 aliphatic rings. The molecule has 10 heteroatoms. The zero-order chi connectivity index (χ0) is 21.8. The monoisotopic (exact) mass is 446 g/mol. The van der Waals surface area contributed by atoms with E-state index in [0.717, 1.165) is 11.8 Å². The first-order valence-electron chi connectivity index (χ1n) is 9.08. The number of carbonyl (C=O) groups is 1. The zero-order valence-corrected chi connectivity index (χ0v) is 18.4. The average Bonchev–Trinajstić information content (AvgIpc) is 3.15. The molecule has 0 radical (unpaired) electrons. The summed E-state index contributed by atoms with van der Waals surface area (Å²) in [5.41, 5.74) is 0.744. The predicted molar refractivity (Wildman–Crippen MR) is 116 cm³/mol. The number of hydrogen-bond donors (Lipinski definition) is 2. The Labute approximate surface area is 179 Å². The second-order valence-corrected chi connectivity index (χ2v) is 10.1. The molecule has 1 amide bonds. The van der Waals surface area contributed by atoms with Crippen molar-refractivity contribution < 1.29 is 17.6 Å². The van der Waals surface area contributed by atoms with E-state index in [1.807, 2.05) is 20.8 Å². The highest BCUT2D eigenvalue weighted by molar-refractivity contribution is 7.99. The Hall–Kier alpha value is -2.85. The molecule has 1 aromatic heterocycles. The SMILES string of the molecule is CC(C)(C)NC(=O)CSc1nnc(-c2ccc(NS(=O)(=O)c3ccccc3)cc2)o1. The molecule has 0 atom stereocenters. The Morgan fingerprint density at radius 2 is 1.70 bits per heavy atom. The molecular weight excluding hydrogens is 424 g/mol. The standard InChI is InChI=1S/C20H22N4O4S2/c1-20(2,3)21-17(25)13-29-19-23-22-18(28-19)14-9-11-15(12-10-14)24-30(26,27)16-7-5-4-6-8-16/h4-12,24H,13H2,1-3H3,(H,21,25). The van der Waals surface area contributed by atoms with Crippen molar-refractivity contribution in [3.63, 3.8) is 0 Å². The van der Waals surface area contributed by atoms with E-state index >= 15 is 0 Å². The van der Waals surface area contributed by atoms with Gasteiger partial charge in [-0.2, -0.15) is 0 Å². The van der Waals surface area contributed by atoms with E-state index in [-0.39, 0.29) is 33.2 Å². The summed E-state index contributed by atoms with van der Waals surface area (Å²) in [4.78, 5) is 12.1. The Balaban J connectivity index is 1.62. The van der Waals surface area contributed by atoms with Crippen molar-refractivity contribution >= 4 is 33.4 Å². The minimum atomic E-state index is -3.66. The van der Waals surface area contributed by atoms with Gasteiger partial charge in [0.15, 0.2) is 0 Å². The maximum Gasteiger partial charge on any atom is 0.277 e. The van der Waals surface area contributed by atoms with Crippen LogP contribution in [0.2, 0.25) is 0 Å². The largest absolute Gasteiger partial charge is 0.411 e. The van der Waals surface area contributed by atoms with Gasteiger partial charge in [-0.1, -0.05) is 30.0 Å². The van der Waals surface area contributed by atoms with Crippen molar-refractivity contribution in [3.05, 3.63) is 54.6 Å². The molecule has 2 N–H and O–H groups in total. The molecule has 0 saturated carbocycles. The molecule has 30 heavy (non-hydrogen) atoms. The normalized spacial score (nSPS) is 11.8. The average molecular weight is 447 g/mol. The van der Waals surface area contributed by atoms with Crippen molar-refractivity contribution in [2.45, 2.75) is 36.4 Å². The van der Waals surface area contributed by atoms with Crippen molar-refractivity contribution in [1.29, 1.82) is 0 Å². The fourth-order valence-electron chi connectivity index (χ4n) is 2.46. The molecule has 3 aromatic rings. The predicted octanol–water partition coefficient (Wildman–Crippen LogP) is 3.54. The highest BCUT2D eigenvalue weighted by Gasteiger charge is 2.17. The molecule has 1 heterocycles. The van der Waals surface area contributed by atoms with Crippen molar-refractivity contribution in [2.75, 3.05) is 10.5 Å². The van der Waals surface area contributed by atoms with Crippen LogP contribution in [0.15, 0.2) is 69.1 Å². The third-order valence-electron chi connectivity index (χ3n) is 3.69. The number of amides is 1. The quantitative estimate of drug-likeness (QED) is 0.534.